The van der Waals surface area contributed by atoms with E-state index in [0.717, 1.165) is 23.3 Å². The van der Waals surface area contributed by atoms with Gasteiger partial charge in [-0.1, -0.05) is 55.0 Å². The average molecular weight is 350 g/mol. The first-order valence-electron chi connectivity index (χ1n) is 8.57. The van der Waals surface area contributed by atoms with Gasteiger partial charge in [0.2, 0.25) is 0 Å². The molecule has 0 unspecified atom stereocenters. The lowest BCUT2D eigenvalue weighted by Crippen LogP contribution is -2.17. The van der Waals surface area contributed by atoms with Gasteiger partial charge in [-0.05, 0) is 38.0 Å². The molecule has 0 radical (unpaired) electrons. The molecule has 128 valence electrons. The van der Waals surface area contributed by atoms with Crippen LogP contribution in [-0.4, -0.2) is 10.5 Å². The van der Waals surface area contributed by atoms with Crippen LogP contribution in [0.1, 0.15) is 34.6 Å². The van der Waals surface area contributed by atoms with E-state index in [1.807, 2.05) is 49.4 Å². The molecule has 1 aromatic heterocycles. The number of hydrogen-bond acceptors (Lipinski definition) is 2. The lowest BCUT2D eigenvalue weighted by atomic mass is 10.1. The number of hydrogen-bond donors (Lipinski definition) is 0. The molecule has 0 atom stereocenters. The van der Waals surface area contributed by atoms with Gasteiger partial charge in [0.05, 0.1) is 5.69 Å². The van der Waals surface area contributed by atoms with E-state index in [1.165, 1.54) is 16.1 Å². The van der Waals surface area contributed by atoms with E-state index in [2.05, 4.69) is 35.5 Å². The SMILES string of the molecule is CCc1sc(=NC(=O)c2cccc(C)c2)n(CC)c1-c1ccccc1. The Morgan fingerprint density at radius 1 is 1.08 bits per heavy atom. The second-order valence-corrected chi connectivity index (χ2v) is 6.97. The highest BCUT2D eigenvalue weighted by molar-refractivity contribution is 7.09. The van der Waals surface area contributed by atoms with Crippen molar-refractivity contribution in [1.82, 2.24) is 4.57 Å². The molecule has 3 aromatic rings. The molecule has 0 bridgehead atoms. The molecular formula is C21H22N2OS. The zero-order valence-corrected chi connectivity index (χ0v) is 15.6. The molecule has 4 heteroatoms. The molecule has 0 saturated carbocycles. The molecule has 0 spiro atoms. The summed E-state index contributed by atoms with van der Waals surface area (Å²) in [6.07, 6.45) is 0.920. The minimum atomic E-state index is -0.186. The third-order valence-electron chi connectivity index (χ3n) is 4.13. The summed E-state index contributed by atoms with van der Waals surface area (Å²) in [5.74, 6) is -0.186. The first-order valence-corrected chi connectivity index (χ1v) is 9.39. The van der Waals surface area contributed by atoms with Crippen LogP contribution in [0.25, 0.3) is 11.3 Å². The molecule has 2 aromatic carbocycles. The van der Waals surface area contributed by atoms with Crippen LogP contribution in [0, 0.1) is 6.92 Å². The largest absolute Gasteiger partial charge is 0.316 e. The van der Waals surface area contributed by atoms with Gasteiger partial charge in [-0.25, -0.2) is 0 Å². The fourth-order valence-electron chi connectivity index (χ4n) is 2.92. The second-order valence-electron chi connectivity index (χ2n) is 5.91. The number of thiazole rings is 1. The maximum atomic E-state index is 12.6. The van der Waals surface area contributed by atoms with E-state index in [4.69, 9.17) is 0 Å². The van der Waals surface area contributed by atoms with E-state index in [-0.39, 0.29) is 5.91 Å². The lowest BCUT2D eigenvalue weighted by molar-refractivity contribution is 0.0997. The Bertz CT molecular complexity index is 952. The van der Waals surface area contributed by atoms with Crippen LogP contribution in [0.4, 0.5) is 0 Å². The number of carbonyl (C=O) groups is 1. The van der Waals surface area contributed by atoms with Crippen molar-refractivity contribution in [2.75, 3.05) is 0 Å². The van der Waals surface area contributed by atoms with E-state index >= 15 is 0 Å². The van der Waals surface area contributed by atoms with Gasteiger partial charge in [-0.3, -0.25) is 4.79 Å². The summed E-state index contributed by atoms with van der Waals surface area (Å²) in [5.41, 5.74) is 4.04. The Morgan fingerprint density at radius 3 is 2.48 bits per heavy atom. The zero-order chi connectivity index (χ0) is 17.8. The van der Waals surface area contributed by atoms with Crippen molar-refractivity contribution in [1.29, 1.82) is 0 Å². The molecule has 1 heterocycles. The van der Waals surface area contributed by atoms with Crippen LogP contribution in [0.3, 0.4) is 0 Å². The van der Waals surface area contributed by atoms with Crippen LogP contribution in [0.5, 0.6) is 0 Å². The number of rotatable bonds is 4. The predicted molar refractivity (Wildman–Crippen MR) is 104 cm³/mol. The van der Waals surface area contributed by atoms with Gasteiger partial charge in [0.15, 0.2) is 4.80 Å². The van der Waals surface area contributed by atoms with Crippen LogP contribution in [0.2, 0.25) is 0 Å². The lowest BCUT2D eigenvalue weighted by Gasteiger charge is -2.08. The first-order chi connectivity index (χ1) is 12.1. The molecular weight excluding hydrogens is 328 g/mol. The van der Waals surface area contributed by atoms with Gasteiger partial charge in [-0.15, -0.1) is 11.3 Å². The van der Waals surface area contributed by atoms with Gasteiger partial charge in [0.1, 0.15) is 0 Å². The highest BCUT2D eigenvalue weighted by atomic mass is 32.1. The fraction of sp³-hybridized carbons (Fsp3) is 0.238. The van der Waals surface area contributed by atoms with Crippen molar-refractivity contribution in [3.05, 3.63) is 75.4 Å². The summed E-state index contributed by atoms with van der Waals surface area (Å²) in [4.78, 5) is 19.1. The van der Waals surface area contributed by atoms with Crippen molar-refractivity contribution in [3.63, 3.8) is 0 Å². The number of carbonyl (C=O) groups excluding carboxylic acids is 1. The topological polar surface area (TPSA) is 34.4 Å². The Kier molecular flexibility index (Phi) is 5.29. The average Bonchev–Trinajstić information content (AvgIpc) is 2.99. The zero-order valence-electron chi connectivity index (χ0n) is 14.8. The molecule has 0 aliphatic rings. The minimum absolute atomic E-state index is 0.186. The second kappa shape index (κ2) is 7.62. The van der Waals surface area contributed by atoms with Gasteiger partial charge < -0.3 is 4.57 Å². The van der Waals surface area contributed by atoms with Crippen molar-refractivity contribution >= 4 is 17.2 Å². The molecule has 0 aliphatic heterocycles. The normalized spacial score (nSPS) is 11.7. The Balaban J connectivity index is 2.14. The minimum Gasteiger partial charge on any atom is -0.316 e. The van der Waals surface area contributed by atoms with E-state index < -0.39 is 0 Å². The highest BCUT2D eigenvalue weighted by Crippen LogP contribution is 2.26. The first kappa shape index (κ1) is 17.4. The number of aryl methyl sites for hydroxylation is 2. The molecule has 3 rings (SSSR count). The van der Waals surface area contributed by atoms with E-state index in [9.17, 15) is 4.79 Å². The van der Waals surface area contributed by atoms with Crippen molar-refractivity contribution in [2.45, 2.75) is 33.7 Å². The molecule has 1 amide bonds. The highest BCUT2D eigenvalue weighted by Gasteiger charge is 2.14. The van der Waals surface area contributed by atoms with Crippen LogP contribution in [-0.2, 0) is 13.0 Å². The van der Waals surface area contributed by atoms with Gasteiger partial charge >= 0.3 is 0 Å². The molecule has 25 heavy (non-hydrogen) atoms. The summed E-state index contributed by atoms with van der Waals surface area (Å²) in [7, 11) is 0. The molecule has 0 fully saturated rings. The smallest absolute Gasteiger partial charge is 0.279 e. The monoisotopic (exact) mass is 350 g/mol. The van der Waals surface area contributed by atoms with Crippen LogP contribution in [0.15, 0.2) is 59.6 Å². The van der Waals surface area contributed by atoms with Crippen molar-refractivity contribution < 1.29 is 4.79 Å². The summed E-state index contributed by atoms with van der Waals surface area (Å²) in [5, 5.41) is 0. The number of aromatic nitrogens is 1. The van der Waals surface area contributed by atoms with Gasteiger partial charge in [-0.2, -0.15) is 4.99 Å². The van der Waals surface area contributed by atoms with E-state index in [1.54, 1.807) is 11.3 Å². The Hall–Kier alpha value is -2.46. The maximum absolute atomic E-state index is 12.6. The van der Waals surface area contributed by atoms with Crippen molar-refractivity contribution in [2.24, 2.45) is 4.99 Å². The molecule has 0 saturated heterocycles. The molecule has 0 aliphatic carbocycles. The van der Waals surface area contributed by atoms with Gasteiger partial charge in [0.25, 0.3) is 5.91 Å². The summed E-state index contributed by atoms with van der Waals surface area (Å²) in [6, 6.07) is 17.9. The number of nitrogens with zero attached hydrogens (tertiary/aromatic N) is 2. The third-order valence-corrected chi connectivity index (χ3v) is 5.35. The maximum Gasteiger partial charge on any atom is 0.279 e. The fourth-order valence-corrected chi connectivity index (χ4v) is 4.07. The Morgan fingerprint density at radius 2 is 1.84 bits per heavy atom. The summed E-state index contributed by atoms with van der Waals surface area (Å²) >= 11 is 1.61. The number of benzene rings is 2. The standard InChI is InChI=1S/C21H22N2OS/c1-4-18-19(16-11-7-6-8-12-16)23(5-2)21(25-18)22-20(24)17-13-9-10-15(3)14-17/h6-14H,4-5H2,1-3H3. The number of amides is 1. The van der Waals surface area contributed by atoms with E-state index in [0.29, 0.717) is 5.56 Å². The summed E-state index contributed by atoms with van der Waals surface area (Å²) in [6.45, 7) is 7.00. The third kappa shape index (κ3) is 3.64. The predicted octanol–water partition coefficient (Wildman–Crippen LogP) is 4.85. The molecule has 0 N–H and O–H groups in total. The van der Waals surface area contributed by atoms with Crippen LogP contribution < -0.4 is 4.80 Å². The van der Waals surface area contributed by atoms with Crippen LogP contribution >= 0.6 is 11.3 Å². The van der Waals surface area contributed by atoms with Crippen molar-refractivity contribution in [3.8, 4) is 11.3 Å². The molecule has 3 nitrogen and oxygen atoms in total. The summed E-state index contributed by atoms with van der Waals surface area (Å²) < 4.78 is 2.15. The van der Waals surface area contributed by atoms with Gasteiger partial charge in [0, 0.05) is 17.0 Å². The Labute approximate surface area is 152 Å². The quantitative estimate of drug-likeness (QED) is 0.662.